The number of rotatable bonds is 8. The number of benzene rings is 2. The number of aliphatic carboxylic acids is 1. The van der Waals surface area contributed by atoms with Gasteiger partial charge in [0.1, 0.15) is 0 Å². The predicted octanol–water partition coefficient (Wildman–Crippen LogP) is 3.24. The smallest absolute Gasteiger partial charge is 0.310 e. The number of aryl methyl sites for hydroxylation is 1. The van der Waals surface area contributed by atoms with Gasteiger partial charge < -0.3 is 10.4 Å². The van der Waals surface area contributed by atoms with E-state index in [1.807, 2.05) is 0 Å². The maximum Gasteiger partial charge on any atom is 0.310 e. The van der Waals surface area contributed by atoms with Gasteiger partial charge in [0.05, 0.1) is 16.6 Å². The van der Waals surface area contributed by atoms with Crippen molar-refractivity contribution in [2.24, 2.45) is 0 Å². The third-order valence-corrected chi connectivity index (χ3v) is 6.09. The molecule has 2 N–H and O–H groups in total. The molecule has 27 heavy (non-hydrogen) atoms. The molecular formula is C20H23NO5S. The number of carbonyl (C=O) groups is 2. The van der Waals surface area contributed by atoms with Gasteiger partial charge in [-0.05, 0) is 48.7 Å². The van der Waals surface area contributed by atoms with E-state index >= 15 is 0 Å². The van der Waals surface area contributed by atoms with E-state index in [-0.39, 0.29) is 23.0 Å². The summed E-state index contributed by atoms with van der Waals surface area (Å²) in [6.45, 7) is 3.19. The molecule has 0 aliphatic rings. The van der Waals surface area contributed by atoms with Crippen molar-refractivity contribution in [3.8, 4) is 0 Å². The molecule has 7 heteroatoms. The summed E-state index contributed by atoms with van der Waals surface area (Å²) in [5, 5.41) is 11.8. The van der Waals surface area contributed by atoms with Crippen LogP contribution < -0.4 is 5.32 Å². The van der Waals surface area contributed by atoms with E-state index in [1.165, 1.54) is 0 Å². The van der Waals surface area contributed by atoms with Crippen LogP contribution in [0.15, 0.2) is 53.4 Å². The SMILES string of the molecule is CCS(=O)(=O)c1ccc(CCC(=O)Nc2cccc(C(C)C(=O)O)c2)cc1. The molecule has 144 valence electrons. The fourth-order valence-electron chi connectivity index (χ4n) is 2.54. The molecule has 2 rings (SSSR count). The van der Waals surface area contributed by atoms with Gasteiger partial charge in [0.25, 0.3) is 0 Å². The van der Waals surface area contributed by atoms with Crippen molar-refractivity contribution in [2.75, 3.05) is 11.1 Å². The first kappa shape index (κ1) is 20.6. The summed E-state index contributed by atoms with van der Waals surface area (Å²) in [7, 11) is -3.23. The molecule has 0 aliphatic heterocycles. The topological polar surface area (TPSA) is 101 Å². The van der Waals surface area contributed by atoms with Gasteiger partial charge in [-0.2, -0.15) is 0 Å². The van der Waals surface area contributed by atoms with Crippen LogP contribution in [0, 0.1) is 0 Å². The van der Waals surface area contributed by atoms with Gasteiger partial charge in [-0.25, -0.2) is 8.42 Å². The van der Waals surface area contributed by atoms with Crippen molar-refractivity contribution in [3.05, 3.63) is 59.7 Å². The van der Waals surface area contributed by atoms with E-state index in [0.717, 1.165) is 5.56 Å². The van der Waals surface area contributed by atoms with E-state index in [4.69, 9.17) is 5.11 Å². The summed E-state index contributed by atoms with van der Waals surface area (Å²) in [6.07, 6.45) is 0.710. The lowest BCUT2D eigenvalue weighted by atomic mass is 10.0. The molecule has 6 nitrogen and oxygen atoms in total. The molecule has 1 atom stereocenters. The second-order valence-corrected chi connectivity index (χ2v) is 8.56. The quantitative estimate of drug-likeness (QED) is 0.722. The summed E-state index contributed by atoms with van der Waals surface area (Å²) in [4.78, 5) is 23.5. The normalized spacial score (nSPS) is 12.4. The average molecular weight is 389 g/mol. The average Bonchev–Trinajstić information content (AvgIpc) is 2.66. The number of carboxylic acid groups (broad SMARTS) is 1. The van der Waals surface area contributed by atoms with E-state index < -0.39 is 21.7 Å². The Morgan fingerprint density at radius 2 is 1.78 bits per heavy atom. The number of carbonyl (C=O) groups excluding carboxylic acids is 1. The van der Waals surface area contributed by atoms with Crippen molar-refractivity contribution in [1.29, 1.82) is 0 Å². The van der Waals surface area contributed by atoms with E-state index in [9.17, 15) is 18.0 Å². The summed E-state index contributed by atoms with van der Waals surface area (Å²) >= 11 is 0. The molecule has 1 unspecified atom stereocenters. The van der Waals surface area contributed by atoms with Crippen molar-refractivity contribution in [3.63, 3.8) is 0 Å². The zero-order valence-electron chi connectivity index (χ0n) is 15.3. The fourth-order valence-corrected chi connectivity index (χ4v) is 3.42. The Balaban J connectivity index is 1.95. The highest BCUT2D eigenvalue weighted by molar-refractivity contribution is 7.91. The highest BCUT2D eigenvalue weighted by Crippen LogP contribution is 2.20. The lowest BCUT2D eigenvalue weighted by molar-refractivity contribution is -0.138. The Labute approximate surface area is 159 Å². The van der Waals surface area contributed by atoms with Gasteiger partial charge in [-0.1, -0.05) is 31.2 Å². The van der Waals surface area contributed by atoms with Crippen LogP contribution in [0.3, 0.4) is 0 Å². The second kappa shape index (κ2) is 8.81. The monoisotopic (exact) mass is 389 g/mol. The summed E-state index contributed by atoms with van der Waals surface area (Å²) in [5.74, 6) is -1.72. The lowest BCUT2D eigenvalue weighted by Crippen LogP contribution is -2.13. The van der Waals surface area contributed by atoms with Crippen LogP contribution in [-0.4, -0.2) is 31.2 Å². The minimum absolute atomic E-state index is 0.0499. The molecule has 0 fully saturated rings. The van der Waals surface area contributed by atoms with Crippen LogP contribution in [0.5, 0.6) is 0 Å². The van der Waals surface area contributed by atoms with E-state index in [2.05, 4.69) is 5.32 Å². The zero-order chi connectivity index (χ0) is 20.0. The van der Waals surface area contributed by atoms with Crippen molar-refractivity contribution in [2.45, 2.75) is 37.5 Å². The lowest BCUT2D eigenvalue weighted by Gasteiger charge is -2.10. The Kier molecular flexibility index (Phi) is 6.74. The molecule has 0 bridgehead atoms. The number of hydrogen-bond acceptors (Lipinski definition) is 4. The van der Waals surface area contributed by atoms with Gasteiger partial charge >= 0.3 is 5.97 Å². The third-order valence-electron chi connectivity index (χ3n) is 4.34. The van der Waals surface area contributed by atoms with Gasteiger partial charge in [0, 0.05) is 12.1 Å². The van der Waals surface area contributed by atoms with Crippen LogP contribution in [-0.2, 0) is 25.8 Å². The van der Waals surface area contributed by atoms with Crippen LogP contribution in [0.25, 0.3) is 0 Å². The van der Waals surface area contributed by atoms with Gasteiger partial charge in [0.2, 0.25) is 5.91 Å². The summed E-state index contributed by atoms with van der Waals surface area (Å²) in [6, 6.07) is 13.3. The minimum atomic E-state index is -3.23. The Hall–Kier alpha value is -2.67. The number of hydrogen-bond donors (Lipinski definition) is 2. The molecule has 1 amide bonds. The second-order valence-electron chi connectivity index (χ2n) is 6.28. The number of sulfone groups is 1. The summed E-state index contributed by atoms with van der Waals surface area (Å²) in [5.41, 5.74) is 2.04. The summed E-state index contributed by atoms with van der Waals surface area (Å²) < 4.78 is 23.6. The molecule has 0 spiro atoms. The molecule has 0 radical (unpaired) electrons. The Morgan fingerprint density at radius 1 is 1.11 bits per heavy atom. The minimum Gasteiger partial charge on any atom is -0.481 e. The number of anilines is 1. The molecule has 0 heterocycles. The Morgan fingerprint density at radius 3 is 2.37 bits per heavy atom. The predicted molar refractivity (Wildman–Crippen MR) is 104 cm³/mol. The third kappa shape index (κ3) is 5.65. The first-order valence-electron chi connectivity index (χ1n) is 8.67. The van der Waals surface area contributed by atoms with Gasteiger partial charge in [-0.15, -0.1) is 0 Å². The molecular weight excluding hydrogens is 366 g/mol. The standard InChI is InChI=1S/C20H23NO5S/c1-3-27(25,26)18-10-7-15(8-11-18)9-12-19(22)21-17-6-4-5-16(13-17)14(2)20(23)24/h4-8,10-11,13-14H,3,9,12H2,1-2H3,(H,21,22)(H,23,24). The maximum absolute atomic E-state index is 12.2. The van der Waals surface area contributed by atoms with Crippen LogP contribution >= 0.6 is 0 Å². The molecule has 0 aliphatic carbocycles. The van der Waals surface area contributed by atoms with Gasteiger partial charge in [0.15, 0.2) is 9.84 Å². The number of nitrogens with one attached hydrogen (secondary N) is 1. The van der Waals surface area contributed by atoms with E-state index in [0.29, 0.717) is 17.7 Å². The van der Waals surface area contributed by atoms with Crippen molar-refractivity contribution < 1.29 is 23.1 Å². The fraction of sp³-hybridized carbons (Fsp3) is 0.300. The molecule has 0 aromatic heterocycles. The van der Waals surface area contributed by atoms with Gasteiger partial charge in [-0.3, -0.25) is 9.59 Å². The highest BCUT2D eigenvalue weighted by Gasteiger charge is 2.14. The van der Waals surface area contributed by atoms with Crippen LogP contribution in [0.2, 0.25) is 0 Å². The number of carboxylic acids is 1. The first-order valence-corrected chi connectivity index (χ1v) is 10.3. The van der Waals surface area contributed by atoms with Crippen LogP contribution in [0.1, 0.15) is 37.3 Å². The van der Waals surface area contributed by atoms with Crippen molar-refractivity contribution in [1.82, 2.24) is 0 Å². The van der Waals surface area contributed by atoms with Crippen LogP contribution in [0.4, 0.5) is 5.69 Å². The van der Waals surface area contributed by atoms with E-state index in [1.54, 1.807) is 62.4 Å². The highest BCUT2D eigenvalue weighted by atomic mass is 32.2. The molecule has 0 saturated heterocycles. The number of amides is 1. The molecule has 2 aromatic carbocycles. The first-order chi connectivity index (χ1) is 12.7. The van der Waals surface area contributed by atoms with Crippen molar-refractivity contribution >= 4 is 27.4 Å². The molecule has 0 saturated carbocycles. The largest absolute Gasteiger partial charge is 0.481 e. The Bertz CT molecular complexity index is 920. The zero-order valence-corrected chi connectivity index (χ0v) is 16.1. The maximum atomic E-state index is 12.2. The molecule has 2 aromatic rings.